The highest BCUT2D eigenvalue weighted by Gasteiger charge is 2.21. The van der Waals surface area contributed by atoms with E-state index in [1.807, 2.05) is 4.90 Å². The molecule has 110 valence electrons. The van der Waals surface area contributed by atoms with Crippen molar-refractivity contribution in [2.24, 2.45) is 5.92 Å². The van der Waals surface area contributed by atoms with E-state index in [4.69, 9.17) is 4.42 Å². The van der Waals surface area contributed by atoms with Gasteiger partial charge in [-0.2, -0.15) is 0 Å². The molecule has 1 aliphatic rings. The van der Waals surface area contributed by atoms with Gasteiger partial charge in [0, 0.05) is 26.2 Å². The first-order chi connectivity index (χ1) is 10.2. The number of carbonyl (C=O) groups is 1. The fourth-order valence-corrected chi connectivity index (χ4v) is 2.71. The Balaban J connectivity index is 1.64. The average Bonchev–Trinajstić information content (AvgIpc) is 3.02. The molecule has 1 amide bonds. The normalized spacial score (nSPS) is 16.1. The van der Waals surface area contributed by atoms with Crippen molar-refractivity contribution in [1.82, 2.24) is 19.9 Å². The summed E-state index contributed by atoms with van der Waals surface area (Å²) in [5.74, 6) is 1.21. The largest absolute Gasteiger partial charge is 0.443 e. The first kappa shape index (κ1) is 13.7. The molecule has 0 aromatic carbocycles. The number of oxazole rings is 1. The van der Waals surface area contributed by atoms with E-state index in [0.29, 0.717) is 17.5 Å². The Morgan fingerprint density at radius 3 is 2.86 bits per heavy atom. The molecule has 1 aliphatic heterocycles. The summed E-state index contributed by atoms with van der Waals surface area (Å²) in [6.45, 7) is 3.31. The Hall–Kier alpha value is -2.24. The van der Waals surface area contributed by atoms with Crippen LogP contribution in [-0.4, -0.2) is 38.8 Å². The molecule has 0 saturated carbocycles. The molecule has 0 N–H and O–H groups in total. The van der Waals surface area contributed by atoms with Gasteiger partial charge in [0.15, 0.2) is 0 Å². The number of aromatic nitrogens is 3. The highest BCUT2D eigenvalue weighted by Crippen LogP contribution is 2.22. The topological polar surface area (TPSA) is 72.1 Å². The molecular weight excluding hydrogens is 268 g/mol. The van der Waals surface area contributed by atoms with E-state index in [2.05, 4.69) is 15.0 Å². The first-order valence-electron chi connectivity index (χ1n) is 7.18. The second-order valence-corrected chi connectivity index (χ2v) is 5.39. The van der Waals surface area contributed by atoms with Crippen LogP contribution in [0.4, 0.5) is 0 Å². The van der Waals surface area contributed by atoms with E-state index in [0.717, 1.165) is 38.0 Å². The van der Waals surface area contributed by atoms with E-state index in [9.17, 15) is 4.79 Å². The van der Waals surface area contributed by atoms with Crippen LogP contribution >= 0.6 is 0 Å². The minimum Gasteiger partial charge on any atom is -0.443 e. The molecule has 0 atom stereocenters. The number of carbonyl (C=O) groups excluding carboxylic acids is 1. The Morgan fingerprint density at radius 2 is 2.19 bits per heavy atom. The van der Waals surface area contributed by atoms with Crippen molar-refractivity contribution < 1.29 is 9.21 Å². The fourth-order valence-electron chi connectivity index (χ4n) is 2.71. The summed E-state index contributed by atoms with van der Waals surface area (Å²) in [6.07, 6.45) is 9.50. The molecule has 0 radical (unpaired) electrons. The lowest BCUT2D eigenvalue weighted by molar-refractivity contribution is -0.130. The molecule has 0 unspecified atom stereocenters. The molecule has 6 heteroatoms. The monoisotopic (exact) mass is 286 g/mol. The lowest BCUT2D eigenvalue weighted by atomic mass is 9.92. The fraction of sp³-hybridized carbons (Fsp3) is 0.467. The summed E-state index contributed by atoms with van der Waals surface area (Å²) in [6, 6.07) is 0. The van der Waals surface area contributed by atoms with Gasteiger partial charge < -0.3 is 9.32 Å². The average molecular weight is 286 g/mol. The van der Waals surface area contributed by atoms with Crippen LogP contribution in [-0.2, 0) is 11.2 Å². The van der Waals surface area contributed by atoms with Crippen molar-refractivity contribution in [3.05, 3.63) is 30.5 Å². The molecule has 6 nitrogen and oxygen atoms in total. The second kappa shape index (κ2) is 6.03. The van der Waals surface area contributed by atoms with Gasteiger partial charge in [0.1, 0.15) is 12.0 Å². The van der Waals surface area contributed by atoms with Gasteiger partial charge in [0.2, 0.25) is 11.8 Å². The maximum absolute atomic E-state index is 11.3. The van der Waals surface area contributed by atoms with E-state index >= 15 is 0 Å². The lowest BCUT2D eigenvalue weighted by Gasteiger charge is -2.31. The van der Waals surface area contributed by atoms with Gasteiger partial charge in [-0.25, -0.2) is 9.97 Å². The summed E-state index contributed by atoms with van der Waals surface area (Å²) in [4.78, 5) is 26.1. The van der Waals surface area contributed by atoms with Crippen LogP contribution < -0.4 is 0 Å². The van der Waals surface area contributed by atoms with Crippen molar-refractivity contribution in [2.75, 3.05) is 13.1 Å². The number of rotatable bonds is 3. The van der Waals surface area contributed by atoms with Crippen molar-refractivity contribution in [3.8, 4) is 11.6 Å². The predicted octanol–water partition coefficient (Wildman–Crippen LogP) is 1.93. The van der Waals surface area contributed by atoms with Gasteiger partial charge in [-0.05, 0) is 25.2 Å². The lowest BCUT2D eigenvalue weighted by Crippen LogP contribution is -2.37. The summed E-state index contributed by atoms with van der Waals surface area (Å²) in [7, 11) is 0. The van der Waals surface area contributed by atoms with Crippen molar-refractivity contribution in [3.63, 3.8) is 0 Å². The molecule has 1 fully saturated rings. The molecule has 0 spiro atoms. The third-order valence-electron chi connectivity index (χ3n) is 3.89. The number of hydrogen-bond acceptors (Lipinski definition) is 5. The summed E-state index contributed by atoms with van der Waals surface area (Å²) in [5.41, 5.74) is 1.62. The third-order valence-corrected chi connectivity index (χ3v) is 3.89. The molecule has 3 heterocycles. The number of likely N-dealkylation sites (tertiary alicyclic amines) is 1. The Labute approximate surface area is 123 Å². The maximum atomic E-state index is 11.3. The quantitative estimate of drug-likeness (QED) is 0.862. The zero-order chi connectivity index (χ0) is 14.7. The third kappa shape index (κ3) is 3.26. The standard InChI is InChI=1S/C15H18N4O2/c1-11(20)19-5-2-12(3-6-19)8-13-9-16-10-14(18-13)15-17-4-7-21-15/h4,7,9-10,12H,2-3,5-6,8H2,1H3. The number of amides is 1. The zero-order valence-electron chi connectivity index (χ0n) is 12.0. The van der Waals surface area contributed by atoms with Crippen LogP contribution in [0.5, 0.6) is 0 Å². The van der Waals surface area contributed by atoms with Gasteiger partial charge >= 0.3 is 0 Å². The molecule has 1 saturated heterocycles. The minimum absolute atomic E-state index is 0.166. The predicted molar refractivity (Wildman–Crippen MR) is 76.2 cm³/mol. The summed E-state index contributed by atoms with van der Waals surface area (Å²) < 4.78 is 5.25. The first-order valence-corrected chi connectivity index (χ1v) is 7.18. The summed E-state index contributed by atoms with van der Waals surface area (Å²) >= 11 is 0. The van der Waals surface area contributed by atoms with Gasteiger partial charge in [-0.15, -0.1) is 0 Å². The Kier molecular flexibility index (Phi) is 3.94. The number of piperidine rings is 1. The van der Waals surface area contributed by atoms with Gasteiger partial charge in [-0.3, -0.25) is 9.78 Å². The molecule has 2 aromatic heterocycles. The zero-order valence-corrected chi connectivity index (χ0v) is 12.0. The van der Waals surface area contributed by atoms with Crippen LogP contribution in [0.2, 0.25) is 0 Å². The second-order valence-electron chi connectivity index (χ2n) is 5.39. The highest BCUT2D eigenvalue weighted by molar-refractivity contribution is 5.73. The van der Waals surface area contributed by atoms with E-state index in [1.54, 1.807) is 25.5 Å². The van der Waals surface area contributed by atoms with Gasteiger partial charge in [0.05, 0.1) is 18.1 Å². The highest BCUT2D eigenvalue weighted by atomic mass is 16.3. The van der Waals surface area contributed by atoms with E-state index in [-0.39, 0.29) is 5.91 Å². The van der Waals surface area contributed by atoms with E-state index < -0.39 is 0 Å². The Morgan fingerprint density at radius 1 is 1.38 bits per heavy atom. The van der Waals surface area contributed by atoms with Crippen LogP contribution in [0.15, 0.2) is 29.3 Å². The minimum atomic E-state index is 0.166. The van der Waals surface area contributed by atoms with Gasteiger partial charge in [0.25, 0.3) is 0 Å². The smallest absolute Gasteiger partial charge is 0.246 e. The van der Waals surface area contributed by atoms with Crippen LogP contribution in [0.25, 0.3) is 11.6 Å². The molecule has 0 bridgehead atoms. The van der Waals surface area contributed by atoms with Crippen molar-refractivity contribution in [1.29, 1.82) is 0 Å². The van der Waals surface area contributed by atoms with Crippen LogP contribution in [0.3, 0.4) is 0 Å². The van der Waals surface area contributed by atoms with Gasteiger partial charge in [-0.1, -0.05) is 0 Å². The molecule has 2 aromatic rings. The molecule has 21 heavy (non-hydrogen) atoms. The Bertz CT molecular complexity index is 604. The van der Waals surface area contributed by atoms with Crippen LogP contribution in [0.1, 0.15) is 25.5 Å². The SMILES string of the molecule is CC(=O)N1CCC(Cc2cncc(-c3ncco3)n2)CC1. The molecule has 3 rings (SSSR count). The van der Waals surface area contributed by atoms with Crippen molar-refractivity contribution >= 4 is 5.91 Å². The molecular formula is C15H18N4O2. The number of nitrogens with zero attached hydrogens (tertiary/aromatic N) is 4. The van der Waals surface area contributed by atoms with Crippen LogP contribution in [0, 0.1) is 5.92 Å². The van der Waals surface area contributed by atoms with Crippen molar-refractivity contribution in [2.45, 2.75) is 26.2 Å². The summed E-state index contributed by atoms with van der Waals surface area (Å²) in [5, 5.41) is 0. The molecule has 0 aliphatic carbocycles. The number of hydrogen-bond donors (Lipinski definition) is 0. The van der Waals surface area contributed by atoms with E-state index in [1.165, 1.54) is 6.26 Å². The maximum Gasteiger partial charge on any atom is 0.246 e.